The fraction of sp³-hybridized carbons (Fsp3) is 0.571. The van der Waals surface area contributed by atoms with Gasteiger partial charge in [0.1, 0.15) is 17.2 Å². The highest BCUT2D eigenvalue weighted by Crippen LogP contribution is 2.40. The molecule has 1 saturated carbocycles. The van der Waals surface area contributed by atoms with Crippen LogP contribution in [0, 0.1) is 0 Å². The van der Waals surface area contributed by atoms with Gasteiger partial charge in [0, 0.05) is 50.3 Å². The first kappa shape index (κ1) is 25.1. The summed E-state index contributed by atoms with van der Waals surface area (Å²) in [5.74, 6) is 1.11. The number of nitrogens with zero attached hydrogens (tertiary/aromatic N) is 6. The molecule has 0 aromatic carbocycles. The third-order valence-corrected chi connectivity index (χ3v) is 8.32. The average Bonchev–Trinajstić information content (AvgIpc) is 3.29. The molecule has 1 atom stereocenters. The van der Waals surface area contributed by atoms with Crippen molar-refractivity contribution in [1.29, 1.82) is 0 Å². The van der Waals surface area contributed by atoms with Gasteiger partial charge in [-0.05, 0) is 51.8 Å². The summed E-state index contributed by atoms with van der Waals surface area (Å²) < 4.78 is 2.18. The number of fused-ring (bicyclic) bond motifs is 4. The standard InChI is InChI=1S/C28H38N8O2/c1-19-16-34(11-12-35(19)18-27(2,3)38)21-7-8-23(29-15-21)32-26-30-14-20-13-22-25(37)31-17-28(9-5-4-6-10-28)36(22)24(20)33-26/h7-8,13-15,19,38H,4-6,9-12,16-18H2,1-3H3,(H,31,37)(H,29,30,32,33). The third kappa shape index (κ3) is 4.71. The lowest BCUT2D eigenvalue weighted by Gasteiger charge is -2.43. The van der Waals surface area contributed by atoms with Crippen molar-refractivity contribution >= 4 is 34.4 Å². The molecular formula is C28H38N8O2. The Balaban J connectivity index is 1.19. The fourth-order valence-electron chi connectivity index (χ4n) is 6.44. The van der Waals surface area contributed by atoms with E-state index in [2.05, 4.69) is 48.0 Å². The Bertz CT molecular complexity index is 1320. The zero-order valence-corrected chi connectivity index (χ0v) is 22.6. The van der Waals surface area contributed by atoms with Gasteiger partial charge in [-0.1, -0.05) is 19.3 Å². The van der Waals surface area contributed by atoms with Gasteiger partial charge in [0.05, 0.1) is 23.0 Å². The molecule has 2 aliphatic heterocycles. The minimum Gasteiger partial charge on any atom is -0.389 e. The SMILES string of the molecule is CC1CN(c2ccc(Nc3ncc4cc5n(c4n3)C3(CCCCC3)CNC5=O)nc2)CCN1CC(C)(C)O. The molecule has 1 spiro atoms. The van der Waals surface area contributed by atoms with Gasteiger partial charge in [0.2, 0.25) is 5.95 Å². The molecule has 3 aromatic rings. The number of piperazine rings is 1. The molecule has 0 radical (unpaired) electrons. The summed E-state index contributed by atoms with van der Waals surface area (Å²) in [6.07, 6.45) is 9.34. The maximum absolute atomic E-state index is 12.7. The number of β-amino-alcohol motifs (C(OH)–C–C–N with tert-alkyl or cyclic N) is 1. The Morgan fingerprint density at radius 2 is 1.97 bits per heavy atom. The average molecular weight is 519 g/mol. The van der Waals surface area contributed by atoms with E-state index >= 15 is 0 Å². The van der Waals surface area contributed by atoms with Crippen LogP contribution < -0.4 is 15.5 Å². The van der Waals surface area contributed by atoms with E-state index in [0.29, 0.717) is 36.6 Å². The molecule has 3 aromatic heterocycles. The van der Waals surface area contributed by atoms with Crippen molar-refractivity contribution in [1.82, 2.24) is 29.7 Å². The summed E-state index contributed by atoms with van der Waals surface area (Å²) in [5, 5.41) is 17.5. The van der Waals surface area contributed by atoms with E-state index in [1.165, 1.54) is 6.42 Å². The molecule has 0 bridgehead atoms. The molecule has 10 heteroatoms. The highest BCUT2D eigenvalue weighted by atomic mass is 16.3. The Morgan fingerprint density at radius 3 is 2.68 bits per heavy atom. The normalized spacial score (nSPS) is 21.9. The van der Waals surface area contributed by atoms with Gasteiger partial charge >= 0.3 is 0 Å². The molecule has 1 aliphatic carbocycles. The molecule has 3 N–H and O–H groups in total. The smallest absolute Gasteiger partial charge is 0.268 e. The second kappa shape index (κ2) is 9.50. The van der Waals surface area contributed by atoms with Crippen LogP contribution >= 0.6 is 0 Å². The first-order valence-electron chi connectivity index (χ1n) is 13.8. The third-order valence-electron chi connectivity index (χ3n) is 8.32. The lowest BCUT2D eigenvalue weighted by Crippen LogP contribution is -2.55. The Labute approximate surface area is 223 Å². The number of amides is 1. The largest absolute Gasteiger partial charge is 0.389 e. The first-order valence-corrected chi connectivity index (χ1v) is 13.8. The molecule has 5 heterocycles. The number of aliphatic hydroxyl groups is 1. The highest BCUT2D eigenvalue weighted by Gasteiger charge is 2.41. The van der Waals surface area contributed by atoms with Gasteiger partial charge in [-0.15, -0.1) is 0 Å². The van der Waals surface area contributed by atoms with Crippen molar-refractivity contribution in [2.24, 2.45) is 0 Å². The molecule has 1 amide bonds. The Kier molecular flexibility index (Phi) is 6.26. The molecular weight excluding hydrogens is 480 g/mol. The van der Waals surface area contributed by atoms with E-state index in [-0.39, 0.29) is 11.4 Å². The van der Waals surface area contributed by atoms with E-state index in [0.717, 1.165) is 62.0 Å². The van der Waals surface area contributed by atoms with Crippen LogP contribution in [0.15, 0.2) is 30.6 Å². The zero-order valence-electron chi connectivity index (χ0n) is 22.6. The molecule has 1 saturated heterocycles. The number of rotatable bonds is 5. The van der Waals surface area contributed by atoms with Gasteiger partial charge in [0.15, 0.2) is 0 Å². The van der Waals surface area contributed by atoms with Crippen LogP contribution in [-0.4, -0.2) is 79.8 Å². The van der Waals surface area contributed by atoms with Crippen LogP contribution in [0.1, 0.15) is 63.4 Å². The summed E-state index contributed by atoms with van der Waals surface area (Å²) in [4.78, 5) is 31.4. The van der Waals surface area contributed by atoms with Crippen LogP contribution in [0.5, 0.6) is 0 Å². The lowest BCUT2D eigenvalue weighted by molar-refractivity contribution is 0.0201. The van der Waals surface area contributed by atoms with E-state index in [1.54, 1.807) is 6.20 Å². The van der Waals surface area contributed by atoms with Gasteiger partial charge in [0.25, 0.3) is 5.91 Å². The van der Waals surface area contributed by atoms with Gasteiger partial charge in [-0.2, -0.15) is 4.98 Å². The predicted molar refractivity (Wildman–Crippen MR) is 148 cm³/mol. The summed E-state index contributed by atoms with van der Waals surface area (Å²) in [6.45, 7) is 9.93. The molecule has 1 unspecified atom stereocenters. The minimum atomic E-state index is -0.694. The monoisotopic (exact) mass is 518 g/mol. The minimum absolute atomic E-state index is 0.0406. The quantitative estimate of drug-likeness (QED) is 0.472. The Morgan fingerprint density at radius 1 is 1.16 bits per heavy atom. The van der Waals surface area contributed by atoms with E-state index in [4.69, 9.17) is 4.98 Å². The molecule has 6 rings (SSSR count). The van der Waals surface area contributed by atoms with Crippen LogP contribution in [0.25, 0.3) is 11.0 Å². The predicted octanol–water partition coefficient (Wildman–Crippen LogP) is 3.25. The summed E-state index contributed by atoms with van der Waals surface area (Å²) in [7, 11) is 0. The van der Waals surface area contributed by atoms with Gasteiger partial charge in [-0.25, -0.2) is 9.97 Å². The number of hydrogen-bond acceptors (Lipinski definition) is 8. The topological polar surface area (TPSA) is 111 Å². The summed E-state index contributed by atoms with van der Waals surface area (Å²) >= 11 is 0. The van der Waals surface area contributed by atoms with Crippen molar-refractivity contribution in [3.63, 3.8) is 0 Å². The second-order valence-corrected chi connectivity index (χ2v) is 11.9. The van der Waals surface area contributed by atoms with Crippen LogP contribution in [0.2, 0.25) is 0 Å². The number of anilines is 3. The van der Waals surface area contributed by atoms with E-state index < -0.39 is 5.60 Å². The number of hydrogen-bond donors (Lipinski definition) is 3. The number of carbonyl (C=O) groups is 1. The number of carbonyl (C=O) groups excluding carboxylic acids is 1. The summed E-state index contributed by atoms with van der Waals surface area (Å²) in [6, 6.07) is 6.29. The maximum Gasteiger partial charge on any atom is 0.268 e. The van der Waals surface area contributed by atoms with E-state index in [1.807, 2.05) is 32.2 Å². The number of aromatic nitrogens is 4. The van der Waals surface area contributed by atoms with Crippen molar-refractivity contribution in [2.75, 3.05) is 42.9 Å². The molecule has 3 aliphatic rings. The molecule has 202 valence electrons. The van der Waals surface area contributed by atoms with Gasteiger partial charge < -0.3 is 25.2 Å². The number of pyridine rings is 1. The molecule has 10 nitrogen and oxygen atoms in total. The van der Waals surface area contributed by atoms with Crippen molar-refractivity contribution < 1.29 is 9.90 Å². The fourth-order valence-corrected chi connectivity index (χ4v) is 6.44. The van der Waals surface area contributed by atoms with Crippen molar-refractivity contribution in [3.05, 3.63) is 36.3 Å². The lowest BCUT2D eigenvalue weighted by atomic mass is 9.80. The number of nitrogens with one attached hydrogen (secondary N) is 2. The van der Waals surface area contributed by atoms with Crippen molar-refractivity contribution in [2.45, 2.75) is 70.1 Å². The summed E-state index contributed by atoms with van der Waals surface area (Å²) in [5.41, 5.74) is 1.76. The molecule has 38 heavy (non-hydrogen) atoms. The Hall–Kier alpha value is -3.24. The van der Waals surface area contributed by atoms with Crippen LogP contribution in [-0.2, 0) is 5.54 Å². The molecule has 2 fully saturated rings. The zero-order chi connectivity index (χ0) is 26.5. The maximum atomic E-state index is 12.7. The van der Waals surface area contributed by atoms with Crippen LogP contribution in [0.3, 0.4) is 0 Å². The highest BCUT2D eigenvalue weighted by molar-refractivity contribution is 5.99. The van der Waals surface area contributed by atoms with Crippen molar-refractivity contribution in [3.8, 4) is 0 Å². The van der Waals surface area contributed by atoms with Gasteiger partial charge in [-0.3, -0.25) is 9.69 Å². The first-order chi connectivity index (χ1) is 18.2. The second-order valence-electron chi connectivity index (χ2n) is 11.9. The van der Waals surface area contributed by atoms with Crippen LogP contribution in [0.4, 0.5) is 17.5 Å². The van der Waals surface area contributed by atoms with E-state index in [9.17, 15) is 9.90 Å².